The van der Waals surface area contributed by atoms with E-state index in [1.165, 1.54) is 4.90 Å². The number of carbonyl (C=O) groups excluding carboxylic acids is 2. The number of carboxylic acid groups (broad SMARTS) is 1. The Morgan fingerprint density at radius 1 is 1.13 bits per heavy atom. The van der Waals surface area contributed by atoms with Crippen molar-refractivity contribution in [3.05, 3.63) is 42.2 Å². The summed E-state index contributed by atoms with van der Waals surface area (Å²) in [5.41, 5.74) is 0.271. The van der Waals surface area contributed by atoms with Gasteiger partial charge in [0.25, 0.3) is 5.91 Å². The Morgan fingerprint density at radius 2 is 1.90 bits per heavy atom. The number of amides is 2. The van der Waals surface area contributed by atoms with Gasteiger partial charge in [0, 0.05) is 30.7 Å². The molecule has 1 aromatic heterocycles. The number of likely N-dealkylation sites (N-methyl/N-ethyl adjacent to an activating group) is 1. The van der Waals surface area contributed by atoms with Crippen molar-refractivity contribution >= 4 is 28.6 Å². The number of carbonyl (C=O) groups is 3. The van der Waals surface area contributed by atoms with E-state index in [2.05, 4.69) is 10.3 Å². The Kier molecular flexibility index (Phi) is 5.67. The summed E-state index contributed by atoms with van der Waals surface area (Å²) < 4.78 is 0. The Labute approximate surface area is 174 Å². The highest BCUT2D eigenvalue weighted by Crippen LogP contribution is 2.25. The van der Waals surface area contributed by atoms with Gasteiger partial charge in [-0.25, -0.2) is 4.79 Å². The van der Waals surface area contributed by atoms with Crippen LogP contribution in [0.2, 0.25) is 0 Å². The van der Waals surface area contributed by atoms with Crippen LogP contribution in [0.3, 0.4) is 0 Å². The number of rotatable bonds is 3. The van der Waals surface area contributed by atoms with Gasteiger partial charge in [0.1, 0.15) is 17.8 Å². The van der Waals surface area contributed by atoms with Gasteiger partial charge >= 0.3 is 5.97 Å². The first-order chi connectivity index (χ1) is 14.5. The van der Waals surface area contributed by atoms with Crippen LogP contribution in [0.15, 0.2) is 36.5 Å². The highest BCUT2D eigenvalue weighted by atomic mass is 16.4. The summed E-state index contributed by atoms with van der Waals surface area (Å²) >= 11 is 0. The largest absolute Gasteiger partial charge is 0.480 e. The van der Waals surface area contributed by atoms with Gasteiger partial charge in [-0.05, 0) is 31.3 Å². The van der Waals surface area contributed by atoms with Crippen LogP contribution in [0, 0.1) is 0 Å². The number of pyridine rings is 1. The number of benzene rings is 1. The van der Waals surface area contributed by atoms with Crippen LogP contribution >= 0.6 is 0 Å². The molecule has 2 N–H and O–H groups in total. The second-order valence-corrected chi connectivity index (χ2v) is 8.17. The molecule has 0 unspecified atom stereocenters. The molecule has 8 nitrogen and oxygen atoms in total. The molecular weight excluding hydrogens is 384 g/mol. The lowest BCUT2D eigenvalue weighted by atomic mass is 9.94. The molecule has 3 atom stereocenters. The maximum atomic E-state index is 13.4. The molecule has 2 amide bonds. The minimum atomic E-state index is -1.01. The number of hydrogen-bond donors (Lipinski definition) is 2. The van der Waals surface area contributed by atoms with E-state index in [-0.39, 0.29) is 24.2 Å². The summed E-state index contributed by atoms with van der Waals surface area (Å²) in [4.78, 5) is 46.0. The monoisotopic (exact) mass is 410 g/mol. The summed E-state index contributed by atoms with van der Waals surface area (Å²) in [5.74, 6) is -1.74. The molecule has 0 aliphatic carbocycles. The van der Waals surface area contributed by atoms with Crippen LogP contribution in [0.5, 0.6) is 0 Å². The lowest BCUT2D eigenvalue weighted by Gasteiger charge is -2.46. The third kappa shape index (κ3) is 3.87. The van der Waals surface area contributed by atoms with Crippen molar-refractivity contribution in [3.8, 4) is 0 Å². The number of aliphatic carboxylic acids is 1. The minimum absolute atomic E-state index is 0.160. The molecule has 2 saturated heterocycles. The van der Waals surface area contributed by atoms with Crippen molar-refractivity contribution in [3.63, 3.8) is 0 Å². The van der Waals surface area contributed by atoms with Gasteiger partial charge in [-0.3, -0.25) is 14.6 Å². The van der Waals surface area contributed by atoms with E-state index in [1.807, 2.05) is 42.3 Å². The molecule has 0 bridgehead atoms. The number of nitrogens with one attached hydrogen (secondary N) is 1. The van der Waals surface area contributed by atoms with Crippen LogP contribution < -0.4 is 5.32 Å². The molecule has 2 aliphatic heterocycles. The highest BCUT2D eigenvalue weighted by molar-refractivity contribution is 6.06. The standard InChI is InChI=1S/C22H26N4O4/c1-25-12-15-7-3-5-9-17(21(28)26(15)18(13-25)22(29)30)24-20(27)19-16-8-4-2-6-14(16)10-11-23-19/h2,4,6,8,10-11,15,17-18H,3,5,7,9,12-13H2,1H3,(H,24,27)(H,29,30)/t15-,17-,18-/m0/s1. The van der Waals surface area contributed by atoms with Gasteiger partial charge < -0.3 is 20.2 Å². The van der Waals surface area contributed by atoms with Gasteiger partial charge in [-0.15, -0.1) is 0 Å². The average molecular weight is 410 g/mol. The molecule has 8 heteroatoms. The normalized spacial score (nSPS) is 25.3. The Morgan fingerprint density at radius 3 is 2.70 bits per heavy atom. The van der Waals surface area contributed by atoms with E-state index in [0.29, 0.717) is 13.0 Å². The molecule has 0 spiro atoms. The summed E-state index contributed by atoms with van der Waals surface area (Å²) in [7, 11) is 1.88. The van der Waals surface area contributed by atoms with Crippen LogP contribution in [0.1, 0.15) is 36.2 Å². The van der Waals surface area contributed by atoms with Gasteiger partial charge in [0.2, 0.25) is 5.91 Å². The zero-order chi connectivity index (χ0) is 21.3. The maximum Gasteiger partial charge on any atom is 0.327 e. The second-order valence-electron chi connectivity index (χ2n) is 8.17. The van der Waals surface area contributed by atoms with Crippen molar-refractivity contribution in [1.29, 1.82) is 0 Å². The average Bonchev–Trinajstić information content (AvgIpc) is 2.73. The van der Waals surface area contributed by atoms with E-state index in [1.54, 1.807) is 6.20 Å². The molecule has 4 rings (SSSR count). The molecule has 2 aliphatic rings. The fourth-order valence-corrected chi connectivity index (χ4v) is 4.61. The number of fused-ring (bicyclic) bond motifs is 2. The van der Waals surface area contributed by atoms with Crippen LogP contribution in [-0.4, -0.2) is 75.9 Å². The smallest absolute Gasteiger partial charge is 0.327 e. The summed E-state index contributed by atoms with van der Waals surface area (Å²) in [6.07, 6.45) is 4.51. The van der Waals surface area contributed by atoms with Crippen molar-refractivity contribution in [2.45, 2.75) is 43.8 Å². The van der Waals surface area contributed by atoms with Gasteiger partial charge in [-0.2, -0.15) is 0 Å². The van der Waals surface area contributed by atoms with Crippen molar-refractivity contribution in [2.75, 3.05) is 20.1 Å². The van der Waals surface area contributed by atoms with Crippen LogP contribution in [0.4, 0.5) is 0 Å². The molecule has 158 valence electrons. The van der Waals surface area contributed by atoms with E-state index < -0.39 is 24.0 Å². The first-order valence-corrected chi connectivity index (χ1v) is 10.3. The van der Waals surface area contributed by atoms with Gasteiger partial charge in [0.15, 0.2) is 0 Å². The maximum absolute atomic E-state index is 13.4. The molecule has 1 aromatic carbocycles. The van der Waals surface area contributed by atoms with Crippen molar-refractivity contribution in [2.24, 2.45) is 0 Å². The lowest BCUT2D eigenvalue weighted by Crippen LogP contribution is -2.65. The highest BCUT2D eigenvalue weighted by Gasteiger charge is 2.43. The summed E-state index contributed by atoms with van der Waals surface area (Å²) in [6, 6.07) is 7.47. The zero-order valence-corrected chi connectivity index (χ0v) is 17.0. The van der Waals surface area contributed by atoms with Gasteiger partial charge in [-0.1, -0.05) is 37.1 Å². The van der Waals surface area contributed by atoms with Crippen LogP contribution in [0.25, 0.3) is 10.8 Å². The van der Waals surface area contributed by atoms with Crippen molar-refractivity contribution in [1.82, 2.24) is 20.1 Å². The molecule has 3 heterocycles. The molecule has 2 fully saturated rings. The number of carboxylic acids is 1. The minimum Gasteiger partial charge on any atom is -0.480 e. The van der Waals surface area contributed by atoms with Crippen molar-refractivity contribution < 1.29 is 19.5 Å². The molecule has 0 saturated carbocycles. The second kappa shape index (κ2) is 8.39. The number of hydrogen-bond acceptors (Lipinski definition) is 5. The SMILES string of the molecule is CN1C[C@@H]2CCCC[C@H](NC(=O)c3nccc4ccccc34)C(=O)N2[C@H](C(=O)O)C1. The fourth-order valence-electron chi connectivity index (χ4n) is 4.61. The van der Waals surface area contributed by atoms with E-state index in [9.17, 15) is 19.5 Å². The van der Waals surface area contributed by atoms with E-state index in [4.69, 9.17) is 0 Å². The predicted molar refractivity (Wildman–Crippen MR) is 111 cm³/mol. The first-order valence-electron chi connectivity index (χ1n) is 10.3. The van der Waals surface area contributed by atoms with Crippen LogP contribution in [-0.2, 0) is 9.59 Å². The quantitative estimate of drug-likeness (QED) is 0.795. The molecule has 30 heavy (non-hydrogen) atoms. The predicted octanol–water partition coefficient (Wildman–Crippen LogP) is 1.50. The topological polar surface area (TPSA) is 103 Å². The van der Waals surface area contributed by atoms with E-state index in [0.717, 1.165) is 30.0 Å². The van der Waals surface area contributed by atoms with E-state index >= 15 is 0 Å². The Hall–Kier alpha value is -3.00. The summed E-state index contributed by atoms with van der Waals surface area (Å²) in [6.45, 7) is 0.921. The Bertz CT molecular complexity index is 973. The Balaban J connectivity index is 1.60. The lowest BCUT2D eigenvalue weighted by molar-refractivity contribution is -0.158. The molecule has 2 aromatic rings. The first kappa shape index (κ1) is 20.3. The third-order valence-electron chi connectivity index (χ3n) is 6.05. The molecule has 0 radical (unpaired) electrons. The molecular formula is C22H26N4O4. The number of nitrogens with zero attached hydrogens (tertiary/aromatic N) is 3. The van der Waals surface area contributed by atoms with Gasteiger partial charge in [0.05, 0.1) is 0 Å². The number of piperazine rings is 1. The fraction of sp³-hybridized carbons (Fsp3) is 0.455. The third-order valence-corrected chi connectivity index (χ3v) is 6.05. The zero-order valence-electron chi connectivity index (χ0n) is 17.0. The number of aromatic nitrogens is 1. The summed E-state index contributed by atoms with van der Waals surface area (Å²) in [5, 5.41) is 14.2.